The summed E-state index contributed by atoms with van der Waals surface area (Å²) in [6.07, 6.45) is 1.89. The first-order chi connectivity index (χ1) is 12.1. The summed E-state index contributed by atoms with van der Waals surface area (Å²) in [5, 5.41) is 10.5. The van der Waals surface area contributed by atoms with Gasteiger partial charge in [0.2, 0.25) is 0 Å². The maximum Gasteiger partial charge on any atom is 0.127 e. The second-order valence-electron chi connectivity index (χ2n) is 6.05. The van der Waals surface area contributed by atoms with E-state index in [1.165, 1.54) is 0 Å². The monoisotopic (exact) mass is 347 g/mol. The molecule has 0 saturated carbocycles. The third kappa shape index (κ3) is 3.06. The minimum atomic E-state index is 0.270. The quantitative estimate of drug-likeness (QED) is 0.578. The van der Waals surface area contributed by atoms with E-state index in [2.05, 4.69) is 40.3 Å². The van der Waals surface area contributed by atoms with Gasteiger partial charge in [-0.1, -0.05) is 24.3 Å². The molecule has 124 valence electrons. The third-order valence-electron chi connectivity index (χ3n) is 4.04. The van der Waals surface area contributed by atoms with Gasteiger partial charge >= 0.3 is 0 Å². The average Bonchev–Trinajstić information content (AvgIpc) is 3.05. The van der Waals surface area contributed by atoms with E-state index in [1.54, 1.807) is 23.5 Å². The minimum Gasteiger partial charge on any atom is -0.508 e. The topological polar surface area (TPSA) is 49.2 Å². The SMILES string of the molecule is CN(C)c1ccc(-c2ccc(-c3nc4ccc(O)cc4s3)cc2)cn1. The highest BCUT2D eigenvalue weighted by Crippen LogP contribution is 2.33. The van der Waals surface area contributed by atoms with Gasteiger partial charge in [0, 0.05) is 31.4 Å². The molecule has 0 aliphatic heterocycles. The first kappa shape index (κ1) is 15.6. The fourth-order valence-corrected chi connectivity index (χ4v) is 3.67. The molecule has 0 bridgehead atoms. The van der Waals surface area contributed by atoms with Gasteiger partial charge in [-0.15, -0.1) is 11.3 Å². The smallest absolute Gasteiger partial charge is 0.127 e. The molecule has 2 heterocycles. The molecule has 0 fully saturated rings. The zero-order chi connectivity index (χ0) is 17.4. The second kappa shape index (κ2) is 6.18. The second-order valence-corrected chi connectivity index (χ2v) is 7.08. The van der Waals surface area contributed by atoms with Crippen molar-refractivity contribution in [1.82, 2.24) is 9.97 Å². The molecule has 0 atom stereocenters. The fraction of sp³-hybridized carbons (Fsp3) is 0.100. The molecule has 0 radical (unpaired) electrons. The van der Waals surface area contributed by atoms with Crippen molar-refractivity contribution in [3.8, 4) is 27.4 Å². The van der Waals surface area contributed by atoms with Gasteiger partial charge in [0.25, 0.3) is 0 Å². The Bertz CT molecular complexity index is 1020. The summed E-state index contributed by atoms with van der Waals surface area (Å²) >= 11 is 1.58. The highest BCUT2D eigenvalue weighted by atomic mass is 32.1. The lowest BCUT2D eigenvalue weighted by atomic mass is 10.1. The van der Waals surface area contributed by atoms with Gasteiger partial charge in [0.1, 0.15) is 16.6 Å². The highest BCUT2D eigenvalue weighted by Gasteiger charge is 2.08. The Kier molecular flexibility index (Phi) is 3.86. The normalized spacial score (nSPS) is 11.0. The largest absolute Gasteiger partial charge is 0.508 e. The summed E-state index contributed by atoms with van der Waals surface area (Å²) in [4.78, 5) is 11.1. The van der Waals surface area contributed by atoms with E-state index < -0.39 is 0 Å². The van der Waals surface area contributed by atoms with Crippen LogP contribution in [0, 0.1) is 0 Å². The van der Waals surface area contributed by atoms with Crippen LogP contribution < -0.4 is 4.90 Å². The van der Waals surface area contributed by atoms with Crippen molar-refractivity contribution < 1.29 is 5.11 Å². The first-order valence-electron chi connectivity index (χ1n) is 7.94. The van der Waals surface area contributed by atoms with Crippen molar-refractivity contribution in [3.05, 3.63) is 60.8 Å². The van der Waals surface area contributed by atoms with Crippen molar-refractivity contribution in [3.63, 3.8) is 0 Å². The standard InChI is InChI=1S/C20H17N3OS/c1-23(2)19-10-7-15(12-21-19)13-3-5-14(6-4-13)20-22-17-9-8-16(24)11-18(17)25-20/h3-12,24H,1-2H3. The lowest BCUT2D eigenvalue weighted by molar-refractivity contribution is 0.476. The Labute approximate surface area is 150 Å². The molecule has 5 heteroatoms. The Morgan fingerprint density at radius 2 is 1.60 bits per heavy atom. The van der Waals surface area contributed by atoms with E-state index in [0.29, 0.717) is 0 Å². The van der Waals surface area contributed by atoms with Gasteiger partial charge in [-0.3, -0.25) is 0 Å². The van der Waals surface area contributed by atoms with Crippen LogP contribution >= 0.6 is 11.3 Å². The van der Waals surface area contributed by atoms with Crippen LogP contribution in [0.1, 0.15) is 0 Å². The maximum atomic E-state index is 9.60. The van der Waals surface area contributed by atoms with Crippen LogP contribution in [0.15, 0.2) is 60.8 Å². The Morgan fingerprint density at radius 3 is 2.28 bits per heavy atom. The number of phenols is 1. The lowest BCUT2D eigenvalue weighted by Crippen LogP contribution is -2.09. The maximum absolute atomic E-state index is 9.60. The molecule has 1 N–H and O–H groups in total. The summed E-state index contributed by atoms with van der Waals surface area (Å²) in [7, 11) is 3.96. The van der Waals surface area contributed by atoms with Crippen molar-refractivity contribution in [2.75, 3.05) is 19.0 Å². The van der Waals surface area contributed by atoms with Crippen molar-refractivity contribution in [2.24, 2.45) is 0 Å². The van der Waals surface area contributed by atoms with E-state index in [4.69, 9.17) is 0 Å². The number of benzene rings is 2. The first-order valence-corrected chi connectivity index (χ1v) is 8.75. The average molecular weight is 347 g/mol. The van der Waals surface area contributed by atoms with Gasteiger partial charge in [-0.2, -0.15) is 0 Å². The Balaban J connectivity index is 1.64. The molecular weight excluding hydrogens is 330 g/mol. The molecule has 2 aromatic heterocycles. The van der Waals surface area contributed by atoms with Gasteiger partial charge in [0.05, 0.1) is 10.2 Å². The molecule has 2 aromatic carbocycles. The number of hydrogen-bond acceptors (Lipinski definition) is 5. The zero-order valence-electron chi connectivity index (χ0n) is 14.0. The number of nitrogens with zero attached hydrogens (tertiary/aromatic N) is 3. The number of pyridine rings is 1. The van der Waals surface area contributed by atoms with E-state index in [0.717, 1.165) is 37.7 Å². The number of aromatic nitrogens is 2. The number of anilines is 1. The molecule has 4 rings (SSSR count). The Hall–Kier alpha value is -2.92. The van der Waals surface area contributed by atoms with Crippen molar-refractivity contribution >= 4 is 27.4 Å². The molecule has 25 heavy (non-hydrogen) atoms. The molecule has 0 aliphatic rings. The van der Waals surface area contributed by atoms with Crippen molar-refractivity contribution in [2.45, 2.75) is 0 Å². The molecule has 0 unspecified atom stereocenters. The zero-order valence-corrected chi connectivity index (χ0v) is 14.8. The number of phenolic OH excluding ortho intramolecular Hbond substituents is 1. The van der Waals surface area contributed by atoms with Crippen LogP contribution in [0.3, 0.4) is 0 Å². The number of thiazole rings is 1. The number of fused-ring (bicyclic) bond motifs is 1. The summed E-state index contributed by atoms with van der Waals surface area (Å²) < 4.78 is 0.988. The molecular formula is C20H17N3OS. The number of rotatable bonds is 3. The highest BCUT2D eigenvalue weighted by molar-refractivity contribution is 7.21. The van der Waals surface area contributed by atoms with Gasteiger partial charge < -0.3 is 10.0 Å². The number of hydrogen-bond donors (Lipinski definition) is 1. The molecule has 0 spiro atoms. The third-order valence-corrected chi connectivity index (χ3v) is 5.11. The van der Waals surface area contributed by atoms with Gasteiger partial charge in [0.15, 0.2) is 0 Å². The van der Waals surface area contributed by atoms with Crippen LogP contribution in [-0.2, 0) is 0 Å². The van der Waals surface area contributed by atoms with Gasteiger partial charge in [-0.05, 0) is 35.9 Å². The van der Waals surface area contributed by atoms with E-state index >= 15 is 0 Å². The predicted octanol–water partition coefficient (Wildman–Crippen LogP) is 4.80. The van der Waals surface area contributed by atoms with Gasteiger partial charge in [-0.25, -0.2) is 9.97 Å². The van der Waals surface area contributed by atoms with Crippen LogP contribution in [0.25, 0.3) is 31.9 Å². The molecule has 0 saturated heterocycles. The molecule has 0 aliphatic carbocycles. The predicted molar refractivity (Wildman–Crippen MR) is 104 cm³/mol. The minimum absolute atomic E-state index is 0.270. The van der Waals surface area contributed by atoms with E-state index in [9.17, 15) is 5.11 Å². The van der Waals surface area contributed by atoms with Crippen LogP contribution in [0.4, 0.5) is 5.82 Å². The lowest BCUT2D eigenvalue weighted by Gasteiger charge is -2.11. The summed E-state index contributed by atoms with van der Waals surface area (Å²) in [5.41, 5.74) is 4.19. The molecule has 4 aromatic rings. The molecule has 4 nitrogen and oxygen atoms in total. The van der Waals surface area contributed by atoms with Crippen LogP contribution in [0.2, 0.25) is 0 Å². The van der Waals surface area contributed by atoms with E-state index in [-0.39, 0.29) is 5.75 Å². The fourth-order valence-electron chi connectivity index (χ4n) is 2.66. The van der Waals surface area contributed by atoms with Crippen LogP contribution in [-0.4, -0.2) is 29.2 Å². The number of aromatic hydroxyl groups is 1. The summed E-state index contributed by atoms with van der Waals surface area (Å²) in [6.45, 7) is 0. The summed E-state index contributed by atoms with van der Waals surface area (Å²) in [5.74, 6) is 1.21. The van der Waals surface area contributed by atoms with E-state index in [1.807, 2.05) is 37.3 Å². The Morgan fingerprint density at radius 1 is 0.880 bits per heavy atom. The molecule has 0 amide bonds. The van der Waals surface area contributed by atoms with Crippen LogP contribution in [0.5, 0.6) is 5.75 Å². The summed E-state index contributed by atoms with van der Waals surface area (Å²) in [6, 6.07) is 17.7. The van der Waals surface area contributed by atoms with Crippen molar-refractivity contribution in [1.29, 1.82) is 0 Å².